The molecule has 3 heteroatoms. The van der Waals surface area contributed by atoms with Gasteiger partial charge in [-0.3, -0.25) is 4.79 Å². The summed E-state index contributed by atoms with van der Waals surface area (Å²) in [6.45, 7) is 5.47. The average molecular weight is 272 g/mol. The van der Waals surface area contributed by atoms with Gasteiger partial charge in [-0.05, 0) is 44.5 Å². The highest BCUT2D eigenvalue weighted by Gasteiger charge is 2.15. The summed E-state index contributed by atoms with van der Waals surface area (Å²) in [6.07, 6.45) is 0.0241. The van der Waals surface area contributed by atoms with Gasteiger partial charge in [-0.25, -0.2) is 4.39 Å². The van der Waals surface area contributed by atoms with Crippen molar-refractivity contribution in [2.75, 3.05) is 0 Å². The Morgan fingerprint density at radius 3 is 2.55 bits per heavy atom. The van der Waals surface area contributed by atoms with Gasteiger partial charge in [-0.1, -0.05) is 24.3 Å². The fraction of sp³-hybridized carbons (Fsp3) is 0.235. The van der Waals surface area contributed by atoms with Crippen LogP contribution in [0, 0.1) is 12.7 Å². The summed E-state index contributed by atoms with van der Waals surface area (Å²) >= 11 is 0. The number of carbonyl (C=O) groups excluding carboxylic acids is 1. The molecule has 0 bridgehead atoms. The van der Waals surface area contributed by atoms with Gasteiger partial charge in [-0.2, -0.15) is 0 Å². The molecular formula is C17H17FO2. The lowest BCUT2D eigenvalue weighted by atomic mass is 10.0. The van der Waals surface area contributed by atoms with Crippen molar-refractivity contribution >= 4 is 5.78 Å². The standard InChI is InChI=1S/C17H17FO2/c1-11(2)20-14-8-5-7-13(10-14)17(19)15-9-4-6-12(3)16(15)18/h4-11H,1-3H3. The molecular weight excluding hydrogens is 255 g/mol. The largest absolute Gasteiger partial charge is 0.491 e. The zero-order chi connectivity index (χ0) is 14.7. The molecule has 0 saturated heterocycles. The molecule has 2 aromatic carbocycles. The highest BCUT2D eigenvalue weighted by Crippen LogP contribution is 2.20. The van der Waals surface area contributed by atoms with Crippen LogP contribution in [0.4, 0.5) is 4.39 Å². The number of ketones is 1. The van der Waals surface area contributed by atoms with Gasteiger partial charge in [-0.15, -0.1) is 0 Å². The van der Waals surface area contributed by atoms with Crippen molar-refractivity contribution in [1.82, 2.24) is 0 Å². The average Bonchev–Trinajstić information content (AvgIpc) is 2.41. The fourth-order valence-corrected chi connectivity index (χ4v) is 1.96. The maximum absolute atomic E-state index is 14.0. The van der Waals surface area contributed by atoms with E-state index < -0.39 is 5.82 Å². The van der Waals surface area contributed by atoms with Crippen LogP contribution < -0.4 is 4.74 Å². The Kier molecular flexibility index (Phi) is 4.18. The first-order valence-corrected chi connectivity index (χ1v) is 6.55. The van der Waals surface area contributed by atoms with Crippen molar-refractivity contribution in [3.8, 4) is 5.75 Å². The predicted molar refractivity (Wildman–Crippen MR) is 76.8 cm³/mol. The van der Waals surface area contributed by atoms with Gasteiger partial charge in [0.15, 0.2) is 5.78 Å². The molecule has 0 aromatic heterocycles. The summed E-state index contributed by atoms with van der Waals surface area (Å²) in [5.74, 6) is -0.188. The van der Waals surface area contributed by atoms with Gasteiger partial charge < -0.3 is 4.74 Å². The lowest BCUT2D eigenvalue weighted by Crippen LogP contribution is -2.08. The van der Waals surface area contributed by atoms with Gasteiger partial charge in [0.2, 0.25) is 0 Å². The molecule has 2 nitrogen and oxygen atoms in total. The van der Waals surface area contributed by atoms with E-state index in [2.05, 4.69) is 0 Å². The first kappa shape index (κ1) is 14.3. The Hall–Kier alpha value is -2.16. The first-order valence-electron chi connectivity index (χ1n) is 6.55. The smallest absolute Gasteiger partial charge is 0.196 e. The van der Waals surface area contributed by atoms with E-state index in [1.807, 2.05) is 13.8 Å². The minimum Gasteiger partial charge on any atom is -0.491 e. The van der Waals surface area contributed by atoms with Crippen LogP contribution in [0.3, 0.4) is 0 Å². The molecule has 0 atom stereocenters. The van der Waals surface area contributed by atoms with Crippen molar-refractivity contribution in [3.05, 3.63) is 65.0 Å². The molecule has 0 radical (unpaired) electrons. The highest BCUT2D eigenvalue weighted by molar-refractivity contribution is 6.09. The molecule has 0 aliphatic carbocycles. The summed E-state index contributed by atoms with van der Waals surface area (Å²) in [7, 11) is 0. The molecule has 0 unspecified atom stereocenters. The predicted octanol–water partition coefficient (Wildman–Crippen LogP) is 4.15. The second-order valence-electron chi connectivity index (χ2n) is 4.96. The Bertz CT molecular complexity index is 633. The third kappa shape index (κ3) is 3.05. The quantitative estimate of drug-likeness (QED) is 0.781. The minimum absolute atomic E-state index is 0.0241. The van der Waals surface area contributed by atoms with E-state index in [1.165, 1.54) is 6.07 Å². The van der Waals surface area contributed by atoms with Crippen LogP contribution in [0.1, 0.15) is 35.3 Å². The third-order valence-electron chi connectivity index (χ3n) is 2.90. The number of aryl methyl sites for hydroxylation is 1. The second kappa shape index (κ2) is 5.87. The summed E-state index contributed by atoms with van der Waals surface area (Å²) in [6, 6.07) is 11.6. The third-order valence-corrected chi connectivity index (χ3v) is 2.90. The number of rotatable bonds is 4. The molecule has 0 heterocycles. The van der Waals surface area contributed by atoms with Crippen molar-refractivity contribution in [2.24, 2.45) is 0 Å². The summed E-state index contributed by atoms with van der Waals surface area (Å²) in [5.41, 5.74) is 0.977. The first-order chi connectivity index (χ1) is 9.49. The number of halogens is 1. The number of hydrogen-bond acceptors (Lipinski definition) is 2. The van der Waals surface area contributed by atoms with E-state index in [1.54, 1.807) is 43.3 Å². The van der Waals surface area contributed by atoms with Crippen molar-refractivity contribution in [3.63, 3.8) is 0 Å². The Labute approximate surface area is 118 Å². The summed E-state index contributed by atoms with van der Waals surface area (Å²) < 4.78 is 19.5. The van der Waals surface area contributed by atoms with Crippen LogP contribution in [0.2, 0.25) is 0 Å². The molecule has 0 fully saturated rings. The molecule has 0 aliphatic rings. The fourth-order valence-electron chi connectivity index (χ4n) is 1.96. The van der Waals surface area contributed by atoms with Gasteiger partial charge in [0, 0.05) is 5.56 Å². The van der Waals surface area contributed by atoms with Crippen molar-refractivity contribution < 1.29 is 13.9 Å². The zero-order valence-electron chi connectivity index (χ0n) is 11.8. The second-order valence-corrected chi connectivity index (χ2v) is 4.96. The van der Waals surface area contributed by atoms with E-state index in [0.717, 1.165) is 0 Å². The molecule has 2 rings (SSSR count). The van der Waals surface area contributed by atoms with Crippen LogP contribution in [0.15, 0.2) is 42.5 Å². The van der Waals surface area contributed by atoms with Crippen molar-refractivity contribution in [2.45, 2.75) is 26.9 Å². The number of hydrogen-bond donors (Lipinski definition) is 0. The monoisotopic (exact) mass is 272 g/mol. The van der Waals surface area contributed by atoms with Crippen LogP contribution in [0.5, 0.6) is 5.75 Å². The van der Waals surface area contributed by atoms with Crippen LogP contribution in [-0.4, -0.2) is 11.9 Å². The van der Waals surface area contributed by atoms with Gasteiger partial charge in [0.05, 0.1) is 11.7 Å². The van der Waals surface area contributed by atoms with Crippen molar-refractivity contribution in [1.29, 1.82) is 0 Å². The molecule has 104 valence electrons. The molecule has 0 saturated carbocycles. The Balaban J connectivity index is 2.36. The van der Waals surface area contributed by atoms with E-state index >= 15 is 0 Å². The molecule has 2 aromatic rings. The van der Waals surface area contributed by atoms with E-state index in [0.29, 0.717) is 16.9 Å². The summed E-state index contributed by atoms with van der Waals surface area (Å²) in [5, 5.41) is 0. The maximum atomic E-state index is 14.0. The number of ether oxygens (including phenoxy) is 1. The molecule has 0 N–H and O–H groups in total. The summed E-state index contributed by atoms with van der Waals surface area (Å²) in [4.78, 5) is 12.4. The number of carbonyl (C=O) groups is 1. The maximum Gasteiger partial charge on any atom is 0.196 e. The normalized spacial score (nSPS) is 10.7. The van der Waals surface area contributed by atoms with Crippen LogP contribution >= 0.6 is 0 Å². The SMILES string of the molecule is Cc1cccc(C(=O)c2cccc(OC(C)C)c2)c1F. The van der Waals surface area contributed by atoms with Gasteiger partial charge >= 0.3 is 0 Å². The van der Waals surface area contributed by atoms with Gasteiger partial charge in [0.1, 0.15) is 11.6 Å². The highest BCUT2D eigenvalue weighted by atomic mass is 19.1. The molecule has 0 aliphatic heterocycles. The zero-order valence-corrected chi connectivity index (χ0v) is 11.8. The topological polar surface area (TPSA) is 26.3 Å². The minimum atomic E-state index is -0.465. The Morgan fingerprint density at radius 2 is 1.85 bits per heavy atom. The van der Waals surface area contributed by atoms with E-state index in [4.69, 9.17) is 4.74 Å². The molecule has 0 amide bonds. The van der Waals surface area contributed by atoms with E-state index in [-0.39, 0.29) is 17.5 Å². The van der Waals surface area contributed by atoms with Crippen LogP contribution in [0.25, 0.3) is 0 Å². The van der Waals surface area contributed by atoms with Gasteiger partial charge in [0.25, 0.3) is 0 Å². The lowest BCUT2D eigenvalue weighted by Gasteiger charge is -2.11. The Morgan fingerprint density at radius 1 is 1.15 bits per heavy atom. The van der Waals surface area contributed by atoms with Crippen LogP contribution in [-0.2, 0) is 0 Å². The molecule has 20 heavy (non-hydrogen) atoms. The number of benzene rings is 2. The lowest BCUT2D eigenvalue weighted by molar-refractivity contribution is 0.103. The molecule has 0 spiro atoms. The van der Waals surface area contributed by atoms with E-state index in [9.17, 15) is 9.18 Å².